The molecule has 0 radical (unpaired) electrons. The second kappa shape index (κ2) is 7.57. The molecule has 0 spiro atoms. The lowest BCUT2D eigenvalue weighted by Gasteiger charge is -2.43. The maximum atomic E-state index is 8.61. The molecule has 2 aromatic rings. The molecule has 2 rings (SSSR count). The molecule has 1 N–H and O–H groups in total. The molecule has 0 fully saturated rings. The first-order valence-electron chi connectivity index (χ1n) is 7.93. The van der Waals surface area contributed by atoms with Gasteiger partial charge < -0.3 is 9.63 Å². The molecule has 0 aliphatic rings. The van der Waals surface area contributed by atoms with Crippen LogP contribution in [0.15, 0.2) is 65.8 Å². The van der Waals surface area contributed by atoms with E-state index in [0.717, 1.165) is 0 Å². The Morgan fingerprint density at radius 1 is 0.957 bits per heavy atom. The van der Waals surface area contributed by atoms with E-state index in [9.17, 15) is 0 Å². The zero-order valence-corrected chi connectivity index (χ0v) is 15.1. The van der Waals surface area contributed by atoms with Crippen molar-refractivity contribution in [3.8, 4) is 0 Å². The summed E-state index contributed by atoms with van der Waals surface area (Å²) in [6, 6.07) is 21.1. The molecule has 122 valence electrons. The zero-order valence-electron chi connectivity index (χ0n) is 14.1. The van der Waals surface area contributed by atoms with Crippen LogP contribution in [-0.4, -0.2) is 26.3 Å². The Bertz CT molecular complexity index is 581. The molecule has 4 heteroatoms. The number of nitrogens with zero attached hydrogens (tertiary/aromatic N) is 1. The molecule has 0 aliphatic carbocycles. The first kappa shape index (κ1) is 17.4. The Morgan fingerprint density at radius 3 is 1.83 bits per heavy atom. The smallest absolute Gasteiger partial charge is 0.261 e. The Kier molecular flexibility index (Phi) is 5.74. The molecule has 2 aromatic carbocycles. The number of rotatable bonds is 6. The molecule has 0 heterocycles. The molecule has 0 aromatic heterocycles. The maximum absolute atomic E-state index is 8.61. The van der Waals surface area contributed by atoms with Crippen LogP contribution in [0.1, 0.15) is 27.2 Å². The Balaban J connectivity index is 2.55. The maximum Gasteiger partial charge on any atom is 0.261 e. The molecule has 0 aliphatic heterocycles. The molecule has 0 saturated carbocycles. The predicted octanol–water partition coefficient (Wildman–Crippen LogP) is 3.41. The second-order valence-corrected chi connectivity index (χ2v) is 10.9. The minimum absolute atomic E-state index is 0.0218. The highest BCUT2D eigenvalue weighted by atomic mass is 28.4. The molecule has 0 unspecified atom stereocenters. The molecular formula is C19H25NO2Si. The first-order valence-corrected chi connectivity index (χ1v) is 9.84. The van der Waals surface area contributed by atoms with Crippen LogP contribution in [0.25, 0.3) is 0 Å². The van der Waals surface area contributed by atoms with Crippen molar-refractivity contribution in [2.75, 3.05) is 6.61 Å². The van der Waals surface area contributed by atoms with Crippen molar-refractivity contribution in [3.05, 3.63) is 60.7 Å². The van der Waals surface area contributed by atoms with Gasteiger partial charge in [0, 0.05) is 19.2 Å². The third-order valence-electron chi connectivity index (χ3n) is 4.06. The van der Waals surface area contributed by atoms with Crippen molar-refractivity contribution in [1.82, 2.24) is 0 Å². The van der Waals surface area contributed by atoms with E-state index in [1.54, 1.807) is 0 Å². The normalized spacial score (nSPS) is 12.7. The Labute approximate surface area is 139 Å². The van der Waals surface area contributed by atoms with Gasteiger partial charge in [-0.15, -0.1) is 5.16 Å². The van der Waals surface area contributed by atoms with Gasteiger partial charge in [0.1, 0.15) is 0 Å². The average molecular weight is 328 g/mol. The van der Waals surface area contributed by atoms with Gasteiger partial charge in [-0.25, -0.2) is 0 Å². The Hall–Kier alpha value is -1.91. The number of hydrogen-bond acceptors (Lipinski definition) is 3. The van der Waals surface area contributed by atoms with Gasteiger partial charge in [0.15, 0.2) is 0 Å². The van der Waals surface area contributed by atoms with E-state index in [-0.39, 0.29) is 5.04 Å². The molecule has 0 atom stereocenters. The minimum Gasteiger partial charge on any atom is -0.411 e. The second-order valence-electron chi connectivity index (χ2n) is 6.60. The molecule has 3 nitrogen and oxygen atoms in total. The van der Waals surface area contributed by atoms with Gasteiger partial charge in [-0.05, 0) is 15.4 Å². The van der Waals surface area contributed by atoms with Crippen LogP contribution >= 0.6 is 0 Å². The van der Waals surface area contributed by atoms with Crippen LogP contribution in [0.3, 0.4) is 0 Å². The highest BCUT2D eigenvalue weighted by Crippen LogP contribution is 2.36. The van der Waals surface area contributed by atoms with E-state index >= 15 is 0 Å². The van der Waals surface area contributed by atoms with Crippen LogP contribution in [0.5, 0.6) is 0 Å². The summed E-state index contributed by atoms with van der Waals surface area (Å²) in [4.78, 5) is 0. The molecular weight excluding hydrogens is 302 g/mol. The standard InChI is InChI=1S/C19H25NO2Si/c1-19(2,3)23(22-16-10-15-20-21,17-11-6-4-7-12-17)18-13-8-5-9-14-18/h4-9,11-15,21H,10,16H2,1-3H3/b20-15+. The number of hydrogen-bond donors (Lipinski definition) is 1. The summed E-state index contributed by atoms with van der Waals surface area (Å²) in [6.45, 7) is 7.29. The largest absolute Gasteiger partial charge is 0.411 e. The van der Waals surface area contributed by atoms with Crippen molar-refractivity contribution in [2.45, 2.75) is 32.2 Å². The van der Waals surface area contributed by atoms with Gasteiger partial charge in [-0.2, -0.15) is 0 Å². The fourth-order valence-corrected chi connectivity index (χ4v) is 7.66. The lowest BCUT2D eigenvalue weighted by atomic mass is 10.2. The Morgan fingerprint density at radius 2 is 1.43 bits per heavy atom. The van der Waals surface area contributed by atoms with E-state index in [1.165, 1.54) is 16.6 Å². The molecule has 23 heavy (non-hydrogen) atoms. The fourth-order valence-electron chi connectivity index (χ4n) is 3.08. The van der Waals surface area contributed by atoms with Crippen molar-refractivity contribution >= 4 is 24.9 Å². The lowest BCUT2D eigenvalue weighted by molar-refractivity contribution is 0.300. The van der Waals surface area contributed by atoms with Crippen molar-refractivity contribution < 1.29 is 9.63 Å². The minimum atomic E-state index is -2.44. The summed E-state index contributed by atoms with van der Waals surface area (Å²) in [7, 11) is -2.44. The molecule has 0 bridgehead atoms. The van der Waals surface area contributed by atoms with Gasteiger partial charge >= 0.3 is 0 Å². The van der Waals surface area contributed by atoms with Gasteiger partial charge in [0.2, 0.25) is 0 Å². The highest BCUT2D eigenvalue weighted by Gasteiger charge is 2.49. The monoisotopic (exact) mass is 327 g/mol. The van der Waals surface area contributed by atoms with Gasteiger partial charge in [0.25, 0.3) is 8.32 Å². The van der Waals surface area contributed by atoms with Crippen molar-refractivity contribution in [2.24, 2.45) is 5.16 Å². The van der Waals surface area contributed by atoms with Gasteiger partial charge in [0.05, 0.1) is 0 Å². The van der Waals surface area contributed by atoms with E-state index in [2.05, 4.69) is 74.5 Å². The highest BCUT2D eigenvalue weighted by molar-refractivity contribution is 6.99. The summed E-state index contributed by atoms with van der Waals surface area (Å²) >= 11 is 0. The SMILES string of the molecule is CC(C)(C)[Si](OCC/C=N/O)(c1ccccc1)c1ccccc1. The van der Waals surface area contributed by atoms with E-state index in [0.29, 0.717) is 13.0 Å². The van der Waals surface area contributed by atoms with Gasteiger partial charge in [-0.3, -0.25) is 0 Å². The molecule has 0 saturated heterocycles. The van der Waals surface area contributed by atoms with Crippen LogP contribution in [0.4, 0.5) is 0 Å². The van der Waals surface area contributed by atoms with Crippen LogP contribution < -0.4 is 10.4 Å². The van der Waals surface area contributed by atoms with Crippen LogP contribution in [0, 0.1) is 0 Å². The molecule has 0 amide bonds. The fraction of sp³-hybridized carbons (Fsp3) is 0.316. The van der Waals surface area contributed by atoms with E-state index in [1.807, 2.05) is 12.1 Å². The first-order chi connectivity index (χ1) is 11.0. The summed E-state index contributed by atoms with van der Waals surface area (Å²) in [5.41, 5.74) is 0. The van der Waals surface area contributed by atoms with Crippen LogP contribution in [-0.2, 0) is 4.43 Å². The van der Waals surface area contributed by atoms with E-state index < -0.39 is 8.32 Å². The van der Waals surface area contributed by atoms with Crippen molar-refractivity contribution in [3.63, 3.8) is 0 Å². The summed E-state index contributed by atoms with van der Waals surface area (Å²) in [5.74, 6) is 0. The quantitative estimate of drug-likeness (QED) is 0.290. The van der Waals surface area contributed by atoms with Gasteiger partial charge in [-0.1, -0.05) is 81.4 Å². The third kappa shape index (κ3) is 3.71. The summed E-state index contributed by atoms with van der Waals surface area (Å²) in [5, 5.41) is 14.2. The average Bonchev–Trinajstić information content (AvgIpc) is 2.55. The predicted molar refractivity (Wildman–Crippen MR) is 98.5 cm³/mol. The van der Waals surface area contributed by atoms with E-state index in [4.69, 9.17) is 9.63 Å². The van der Waals surface area contributed by atoms with Crippen molar-refractivity contribution in [1.29, 1.82) is 0 Å². The summed E-state index contributed by atoms with van der Waals surface area (Å²) in [6.07, 6.45) is 2.08. The summed E-state index contributed by atoms with van der Waals surface area (Å²) < 4.78 is 6.60. The lowest BCUT2D eigenvalue weighted by Crippen LogP contribution is -2.66. The topological polar surface area (TPSA) is 41.8 Å². The number of oxime groups is 1. The third-order valence-corrected chi connectivity index (χ3v) is 9.11. The zero-order chi connectivity index (χ0) is 16.8. The number of benzene rings is 2. The van der Waals surface area contributed by atoms with Crippen LogP contribution in [0.2, 0.25) is 5.04 Å².